The highest BCUT2D eigenvalue weighted by atomic mass is 16.5. The lowest BCUT2D eigenvalue weighted by molar-refractivity contribution is 0.0600. The maximum Gasteiger partial charge on any atom is 0.337 e. The van der Waals surface area contributed by atoms with Gasteiger partial charge >= 0.3 is 5.97 Å². The average molecular weight is 322 g/mol. The van der Waals surface area contributed by atoms with Crippen LogP contribution in [0.15, 0.2) is 59.7 Å². The molecule has 0 aliphatic carbocycles. The summed E-state index contributed by atoms with van der Waals surface area (Å²) in [5.74, 6) is 0.0160. The molecule has 0 aliphatic rings. The van der Waals surface area contributed by atoms with Gasteiger partial charge in [-0.05, 0) is 40.3 Å². The molecule has 3 aromatic rings. The molecule has 8 heteroatoms. The molecule has 8 nitrogen and oxygen atoms in total. The number of hydrogen-bond donors (Lipinski definition) is 1. The van der Waals surface area contributed by atoms with E-state index in [0.29, 0.717) is 11.5 Å². The maximum absolute atomic E-state index is 11.4. The zero-order valence-electron chi connectivity index (χ0n) is 12.8. The molecule has 24 heavy (non-hydrogen) atoms. The van der Waals surface area contributed by atoms with Crippen molar-refractivity contribution in [2.75, 3.05) is 12.5 Å². The molecule has 0 unspecified atom stereocenters. The summed E-state index contributed by atoms with van der Waals surface area (Å²) in [4.78, 5) is 11.4. The van der Waals surface area contributed by atoms with E-state index in [2.05, 4.69) is 30.8 Å². The molecule has 0 radical (unpaired) electrons. The van der Waals surface area contributed by atoms with Gasteiger partial charge in [-0.1, -0.05) is 35.4 Å². The molecule has 0 spiro atoms. The first-order valence-corrected chi connectivity index (χ1v) is 7.09. The molecule has 1 N–H and O–H groups in total. The van der Waals surface area contributed by atoms with Crippen LogP contribution in [0.1, 0.15) is 15.9 Å². The number of tetrazole rings is 1. The molecule has 0 aliphatic heterocycles. The van der Waals surface area contributed by atoms with Crippen LogP contribution < -0.4 is 5.43 Å². The smallest absolute Gasteiger partial charge is 0.337 e. The van der Waals surface area contributed by atoms with Crippen molar-refractivity contribution in [2.45, 2.75) is 0 Å². The largest absolute Gasteiger partial charge is 0.465 e. The van der Waals surface area contributed by atoms with E-state index in [1.54, 1.807) is 30.5 Å². The van der Waals surface area contributed by atoms with E-state index in [-0.39, 0.29) is 5.97 Å². The molecular weight excluding hydrogens is 308 g/mol. The van der Waals surface area contributed by atoms with E-state index in [1.807, 2.05) is 30.3 Å². The van der Waals surface area contributed by atoms with Crippen molar-refractivity contribution in [1.82, 2.24) is 20.2 Å². The van der Waals surface area contributed by atoms with Gasteiger partial charge in [0.2, 0.25) is 0 Å². The SMILES string of the molecule is COC(=O)c1ccc(/C=N\Nc2nnnn2-c2ccccc2)cc1. The zero-order chi connectivity index (χ0) is 16.8. The fourth-order valence-electron chi connectivity index (χ4n) is 1.99. The second-order valence-corrected chi connectivity index (χ2v) is 4.73. The van der Waals surface area contributed by atoms with Crippen LogP contribution in [0.2, 0.25) is 0 Å². The van der Waals surface area contributed by atoms with Crippen LogP contribution in [-0.4, -0.2) is 39.5 Å². The quantitative estimate of drug-likeness (QED) is 0.438. The second-order valence-electron chi connectivity index (χ2n) is 4.73. The Bertz CT molecular complexity index is 843. The lowest BCUT2D eigenvalue weighted by atomic mass is 10.1. The summed E-state index contributed by atoms with van der Waals surface area (Å²) in [6, 6.07) is 16.3. The Morgan fingerprint density at radius 2 is 1.92 bits per heavy atom. The Labute approximate surface area is 137 Å². The highest BCUT2D eigenvalue weighted by Gasteiger charge is 2.06. The lowest BCUT2D eigenvalue weighted by Crippen LogP contribution is -2.03. The van der Waals surface area contributed by atoms with E-state index < -0.39 is 0 Å². The van der Waals surface area contributed by atoms with Gasteiger partial charge in [0, 0.05) is 0 Å². The first-order valence-electron chi connectivity index (χ1n) is 7.09. The second kappa shape index (κ2) is 7.14. The third-order valence-electron chi connectivity index (χ3n) is 3.18. The van der Waals surface area contributed by atoms with Crippen molar-refractivity contribution in [1.29, 1.82) is 0 Å². The standard InChI is InChI=1S/C16H14N6O2/c1-24-15(23)13-9-7-12(8-10-13)11-17-18-16-19-20-21-22(16)14-5-3-2-4-6-14/h2-11H,1H3,(H,18,19,21)/b17-11-. The van der Waals surface area contributed by atoms with Gasteiger partial charge in [0.25, 0.3) is 5.95 Å². The van der Waals surface area contributed by atoms with E-state index in [9.17, 15) is 4.79 Å². The van der Waals surface area contributed by atoms with Gasteiger partial charge in [0.15, 0.2) is 0 Å². The topological polar surface area (TPSA) is 94.3 Å². The van der Waals surface area contributed by atoms with E-state index in [0.717, 1.165) is 11.3 Å². The Morgan fingerprint density at radius 3 is 2.62 bits per heavy atom. The number of carbonyl (C=O) groups is 1. The Balaban J connectivity index is 1.69. The summed E-state index contributed by atoms with van der Waals surface area (Å²) in [6.45, 7) is 0. The number of nitrogens with zero attached hydrogens (tertiary/aromatic N) is 5. The summed E-state index contributed by atoms with van der Waals surface area (Å²) < 4.78 is 6.19. The molecule has 1 aromatic heterocycles. The molecule has 0 bridgehead atoms. The number of methoxy groups -OCH3 is 1. The molecule has 0 amide bonds. The van der Waals surface area contributed by atoms with Gasteiger partial charge in [0.05, 0.1) is 24.6 Å². The van der Waals surface area contributed by atoms with Crippen LogP contribution in [-0.2, 0) is 4.74 Å². The van der Waals surface area contributed by atoms with Crippen LogP contribution in [0, 0.1) is 0 Å². The van der Waals surface area contributed by atoms with E-state index >= 15 is 0 Å². The summed E-state index contributed by atoms with van der Waals surface area (Å²) in [5.41, 5.74) is 4.91. The van der Waals surface area contributed by atoms with Crippen molar-refractivity contribution in [3.63, 3.8) is 0 Å². The van der Waals surface area contributed by atoms with E-state index in [1.165, 1.54) is 11.8 Å². The third kappa shape index (κ3) is 3.43. The predicted octanol–water partition coefficient (Wildman–Crippen LogP) is 1.89. The minimum Gasteiger partial charge on any atom is -0.465 e. The zero-order valence-corrected chi connectivity index (χ0v) is 12.8. The van der Waals surface area contributed by atoms with E-state index in [4.69, 9.17) is 0 Å². The first kappa shape index (κ1) is 15.3. The van der Waals surface area contributed by atoms with Gasteiger partial charge < -0.3 is 4.74 Å². The number of ether oxygens (including phenoxy) is 1. The highest BCUT2D eigenvalue weighted by Crippen LogP contribution is 2.10. The van der Waals surface area contributed by atoms with Crippen molar-refractivity contribution >= 4 is 18.1 Å². The number of benzene rings is 2. The molecule has 0 saturated carbocycles. The molecule has 0 atom stereocenters. The average Bonchev–Trinajstić information content (AvgIpc) is 3.11. The van der Waals surface area contributed by atoms with Crippen LogP contribution in [0.3, 0.4) is 0 Å². The number of hydrogen-bond acceptors (Lipinski definition) is 7. The number of nitrogens with one attached hydrogen (secondary N) is 1. The van der Waals surface area contributed by atoms with Crippen molar-refractivity contribution in [2.24, 2.45) is 5.10 Å². The Morgan fingerprint density at radius 1 is 1.17 bits per heavy atom. The Hall–Kier alpha value is -3.55. The lowest BCUT2D eigenvalue weighted by Gasteiger charge is -2.03. The minimum atomic E-state index is -0.376. The monoisotopic (exact) mass is 322 g/mol. The van der Waals surface area contributed by atoms with Crippen LogP contribution in [0.5, 0.6) is 0 Å². The van der Waals surface area contributed by atoms with Gasteiger partial charge in [-0.2, -0.15) is 9.78 Å². The van der Waals surface area contributed by atoms with Crippen molar-refractivity contribution in [3.8, 4) is 5.69 Å². The number of aromatic nitrogens is 4. The summed E-state index contributed by atoms with van der Waals surface area (Å²) in [5, 5.41) is 15.6. The number of carbonyl (C=O) groups excluding carboxylic acids is 1. The third-order valence-corrected chi connectivity index (χ3v) is 3.18. The molecule has 1 heterocycles. The van der Waals surface area contributed by atoms with Crippen molar-refractivity contribution < 1.29 is 9.53 Å². The normalized spacial score (nSPS) is 10.7. The van der Waals surface area contributed by atoms with Crippen LogP contribution in [0.4, 0.5) is 5.95 Å². The van der Waals surface area contributed by atoms with Gasteiger partial charge in [0.1, 0.15) is 0 Å². The highest BCUT2D eigenvalue weighted by molar-refractivity contribution is 5.90. The summed E-state index contributed by atoms with van der Waals surface area (Å²) in [6.07, 6.45) is 1.60. The molecule has 0 saturated heterocycles. The maximum atomic E-state index is 11.4. The molecule has 2 aromatic carbocycles. The van der Waals surface area contributed by atoms with Crippen molar-refractivity contribution in [3.05, 3.63) is 65.7 Å². The van der Waals surface area contributed by atoms with Crippen LogP contribution in [0.25, 0.3) is 5.69 Å². The molecule has 120 valence electrons. The number of para-hydroxylation sites is 1. The molecule has 3 rings (SSSR count). The first-order chi connectivity index (χ1) is 11.8. The van der Waals surface area contributed by atoms with Gasteiger partial charge in [-0.25, -0.2) is 10.2 Å². The summed E-state index contributed by atoms with van der Waals surface area (Å²) >= 11 is 0. The summed E-state index contributed by atoms with van der Waals surface area (Å²) in [7, 11) is 1.35. The fraction of sp³-hybridized carbons (Fsp3) is 0.0625. The number of hydrazone groups is 1. The number of anilines is 1. The van der Waals surface area contributed by atoms with Crippen LogP contribution >= 0.6 is 0 Å². The molecule has 0 fully saturated rings. The fourth-order valence-corrected chi connectivity index (χ4v) is 1.99. The van der Waals surface area contributed by atoms with Gasteiger partial charge in [-0.15, -0.1) is 0 Å². The minimum absolute atomic E-state index is 0.376. The number of esters is 1. The number of rotatable bonds is 5. The Kier molecular flexibility index (Phi) is 4.57. The predicted molar refractivity (Wildman–Crippen MR) is 88.2 cm³/mol. The molecular formula is C16H14N6O2. The van der Waals surface area contributed by atoms with Gasteiger partial charge in [-0.3, -0.25) is 0 Å².